The van der Waals surface area contributed by atoms with Gasteiger partial charge in [-0.2, -0.15) is 0 Å². The molecule has 0 atom stereocenters. The fourth-order valence-electron chi connectivity index (χ4n) is 2.65. The van der Waals surface area contributed by atoms with Crippen LogP contribution in [0.1, 0.15) is 43.6 Å². The van der Waals surface area contributed by atoms with Gasteiger partial charge in [0.25, 0.3) is 5.91 Å². The molecule has 146 valence electrons. The average Bonchev–Trinajstić information content (AvgIpc) is 2.66. The summed E-state index contributed by atoms with van der Waals surface area (Å²) in [5.41, 5.74) is 2.50. The molecule has 0 unspecified atom stereocenters. The summed E-state index contributed by atoms with van der Waals surface area (Å²) in [5, 5.41) is 2.74. The van der Waals surface area contributed by atoms with E-state index in [0.717, 1.165) is 5.56 Å². The molecule has 0 fully saturated rings. The van der Waals surface area contributed by atoms with Crippen molar-refractivity contribution in [3.8, 4) is 0 Å². The minimum atomic E-state index is -0.354. The SMILES string of the molecule is CC(=O)c1ccc(NC(=O)/C(C)=C\C(=O)N(Cc2ccccc2)C(C)C)cc1. The largest absolute Gasteiger partial charge is 0.332 e. The highest BCUT2D eigenvalue weighted by molar-refractivity contribution is 6.07. The standard InChI is InChI=1S/C23H26N2O3/c1-16(2)25(15-19-8-6-5-7-9-19)22(27)14-17(3)23(28)24-21-12-10-20(11-13-21)18(4)26/h5-14,16H,15H2,1-4H3,(H,24,28)/b17-14-. The van der Waals surface area contributed by atoms with Gasteiger partial charge < -0.3 is 10.2 Å². The Kier molecular flexibility index (Phi) is 7.27. The Labute approximate surface area is 166 Å². The highest BCUT2D eigenvalue weighted by atomic mass is 16.2. The van der Waals surface area contributed by atoms with Crippen LogP contribution in [0.4, 0.5) is 5.69 Å². The number of carbonyl (C=O) groups excluding carboxylic acids is 3. The highest BCUT2D eigenvalue weighted by Crippen LogP contribution is 2.13. The van der Waals surface area contributed by atoms with Crippen LogP contribution in [0, 0.1) is 0 Å². The second-order valence-electron chi connectivity index (χ2n) is 6.96. The summed E-state index contributed by atoms with van der Waals surface area (Å²) in [6, 6.07) is 16.4. The zero-order chi connectivity index (χ0) is 20.7. The van der Waals surface area contributed by atoms with E-state index in [1.165, 1.54) is 13.0 Å². The fourth-order valence-corrected chi connectivity index (χ4v) is 2.65. The third-order valence-corrected chi connectivity index (χ3v) is 4.35. The van der Waals surface area contributed by atoms with Crippen molar-refractivity contribution in [2.45, 2.75) is 40.3 Å². The second-order valence-corrected chi connectivity index (χ2v) is 6.96. The first-order valence-electron chi connectivity index (χ1n) is 9.23. The zero-order valence-electron chi connectivity index (χ0n) is 16.7. The number of hydrogen-bond donors (Lipinski definition) is 1. The van der Waals surface area contributed by atoms with Gasteiger partial charge in [0, 0.05) is 35.5 Å². The summed E-state index contributed by atoms with van der Waals surface area (Å²) >= 11 is 0. The maximum absolute atomic E-state index is 12.7. The molecular formula is C23H26N2O3. The van der Waals surface area contributed by atoms with E-state index in [1.807, 2.05) is 44.2 Å². The van der Waals surface area contributed by atoms with Crippen LogP contribution in [0.5, 0.6) is 0 Å². The summed E-state index contributed by atoms with van der Waals surface area (Å²) in [4.78, 5) is 38.1. The number of rotatable bonds is 7. The molecule has 0 aliphatic rings. The third-order valence-electron chi connectivity index (χ3n) is 4.35. The zero-order valence-corrected chi connectivity index (χ0v) is 16.7. The molecule has 2 rings (SSSR count). The number of carbonyl (C=O) groups is 3. The number of nitrogens with one attached hydrogen (secondary N) is 1. The third kappa shape index (κ3) is 5.91. The molecule has 0 aromatic heterocycles. The normalized spacial score (nSPS) is 11.2. The number of nitrogens with zero attached hydrogens (tertiary/aromatic N) is 1. The molecule has 2 aromatic rings. The molecule has 0 spiro atoms. The van der Waals surface area contributed by atoms with Gasteiger partial charge in [0.15, 0.2) is 5.78 Å². The van der Waals surface area contributed by atoms with E-state index in [0.29, 0.717) is 23.4 Å². The van der Waals surface area contributed by atoms with Crippen molar-refractivity contribution in [1.82, 2.24) is 4.90 Å². The molecule has 5 nitrogen and oxygen atoms in total. The van der Waals surface area contributed by atoms with Gasteiger partial charge >= 0.3 is 0 Å². The molecule has 5 heteroatoms. The Bertz CT molecular complexity index is 868. The molecular weight excluding hydrogens is 352 g/mol. The van der Waals surface area contributed by atoms with Crippen molar-refractivity contribution in [3.63, 3.8) is 0 Å². The van der Waals surface area contributed by atoms with Crippen molar-refractivity contribution >= 4 is 23.3 Å². The van der Waals surface area contributed by atoms with E-state index in [2.05, 4.69) is 5.32 Å². The number of anilines is 1. The lowest BCUT2D eigenvalue weighted by molar-refractivity contribution is -0.128. The van der Waals surface area contributed by atoms with Gasteiger partial charge in [0.1, 0.15) is 0 Å². The lowest BCUT2D eigenvalue weighted by Gasteiger charge is -2.26. The number of amides is 2. The molecule has 2 aromatic carbocycles. The van der Waals surface area contributed by atoms with Gasteiger partial charge in [-0.05, 0) is 57.5 Å². The summed E-state index contributed by atoms with van der Waals surface area (Å²) in [7, 11) is 0. The van der Waals surface area contributed by atoms with Crippen molar-refractivity contribution in [2.24, 2.45) is 0 Å². The van der Waals surface area contributed by atoms with Crippen LogP contribution in [-0.2, 0) is 16.1 Å². The Morgan fingerprint density at radius 3 is 2.11 bits per heavy atom. The van der Waals surface area contributed by atoms with Gasteiger partial charge in [0.2, 0.25) is 5.91 Å². The lowest BCUT2D eigenvalue weighted by atomic mass is 10.1. The first-order chi connectivity index (χ1) is 13.3. The van der Waals surface area contributed by atoms with Crippen LogP contribution in [0.2, 0.25) is 0 Å². The number of Topliss-reactive ketones (excluding diaryl/α,β-unsaturated/α-hetero) is 1. The van der Waals surface area contributed by atoms with Gasteiger partial charge in [0.05, 0.1) is 0 Å². The predicted molar refractivity (Wildman–Crippen MR) is 111 cm³/mol. The number of ketones is 1. The molecule has 0 aliphatic carbocycles. The maximum Gasteiger partial charge on any atom is 0.251 e. The minimum Gasteiger partial charge on any atom is -0.332 e. The van der Waals surface area contributed by atoms with E-state index >= 15 is 0 Å². The summed E-state index contributed by atoms with van der Waals surface area (Å²) < 4.78 is 0. The molecule has 0 radical (unpaired) electrons. The first kappa shape index (κ1) is 21.1. The van der Waals surface area contributed by atoms with Gasteiger partial charge in [-0.3, -0.25) is 14.4 Å². The van der Waals surface area contributed by atoms with Crippen LogP contribution < -0.4 is 5.32 Å². The molecule has 0 aliphatic heterocycles. The Morgan fingerprint density at radius 1 is 0.964 bits per heavy atom. The molecule has 0 saturated heterocycles. The van der Waals surface area contributed by atoms with Crippen molar-refractivity contribution < 1.29 is 14.4 Å². The molecule has 0 saturated carbocycles. The van der Waals surface area contributed by atoms with E-state index in [-0.39, 0.29) is 23.6 Å². The molecule has 28 heavy (non-hydrogen) atoms. The Hall–Kier alpha value is -3.21. The topological polar surface area (TPSA) is 66.5 Å². The molecule has 1 N–H and O–H groups in total. The van der Waals surface area contributed by atoms with E-state index in [4.69, 9.17) is 0 Å². The number of hydrogen-bond acceptors (Lipinski definition) is 3. The van der Waals surface area contributed by atoms with Crippen LogP contribution in [-0.4, -0.2) is 28.5 Å². The van der Waals surface area contributed by atoms with Gasteiger partial charge in [-0.25, -0.2) is 0 Å². The first-order valence-corrected chi connectivity index (χ1v) is 9.23. The van der Waals surface area contributed by atoms with E-state index in [1.54, 1.807) is 36.1 Å². The van der Waals surface area contributed by atoms with E-state index in [9.17, 15) is 14.4 Å². The van der Waals surface area contributed by atoms with Gasteiger partial charge in [-0.1, -0.05) is 30.3 Å². The molecule has 2 amide bonds. The maximum atomic E-state index is 12.7. The second kappa shape index (κ2) is 9.65. The molecule has 0 bridgehead atoms. The molecule has 0 heterocycles. The minimum absolute atomic E-state index is 0.000979. The Balaban J connectivity index is 2.07. The summed E-state index contributed by atoms with van der Waals surface area (Å²) in [6.07, 6.45) is 1.36. The fraction of sp³-hybridized carbons (Fsp3) is 0.261. The van der Waals surface area contributed by atoms with Crippen LogP contribution in [0.3, 0.4) is 0 Å². The van der Waals surface area contributed by atoms with Crippen molar-refractivity contribution in [3.05, 3.63) is 77.4 Å². The monoisotopic (exact) mass is 378 g/mol. The lowest BCUT2D eigenvalue weighted by Crippen LogP contribution is -2.35. The summed E-state index contributed by atoms with van der Waals surface area (Å²) in [5.74, 6) is -0.600. The van der Waals surface area contributed by atoms with Gasteiger partial charge in [-0.15, -0.1) is 0 Å². The van der Waals surface area contributed by atoms with Crippen LogP contribution >= 0.6 is 0 Å². The quantitative estimate of drug-likeness (QED) is 0.580. The highest BCUT2D eigenvalue weighted by Gasteiger charge is 2.17. The number of benzene rings is 2. The Morgan fingerprint density at radius 2 is 1.57 bits per heavy atom. The summed E-state index contributed by atoms with van der Waals surface area (Å²) in [6.45, 7) is 7.47. The smallest absolute Gasteiger partial charge is 0.251 e. The van der Waals surface area contributed by atoms with Crippen molar-refractivity contribution in [2.75, 3.05) is 5.32 Å². The van der Waals surface area contributed by atoms with E-state index < -0.39 is 0 Å². The van der Waals surface area contributed by atoms with Crippen molar-refractivity contribution in [1.29, 1.82) is 0 Å². The average molecular weight is 378 g/mol. The predicted octanol–water partition coefficient (Wildman–Crippen LogP) is 4.21. The van der Waals surface area contributed by atoms with Crippen LogP contribution in [0.15, 0.2) is 66.2 Å². The van der Waals surface area contributed by atoms with Crippen LogP contribution in [0.25, 0.3) is 0 Å².